The van der Waals surface area contributed by atoms with Crippen molar-refractivity contribution in [2.75, 3.05) is 20.1 Å². The lowest BCUT2D eigenvalue weighted by atomic mass is 9.90. The Hall–Kier alpha value is -4.49. The van der Waals surface area contributed by atoms with Gasteiger partial charge in [0.05, 0.1) is 12.2 Å². The zero-order valence-electron chi connectivity index (χ0n) is 23.3. The fourth-order valence-corrected chi connectivity index (χ4v) is 5.30. The number of benzene rings is 3. The van der Waals surface area contributed by atoms with E-state index in [1.165, 1.54) is 0 Å². The molecular formula is C34H36N4O3. The van der Waals surface area contributed by atoms with E-state index in [9.17, 15) is 9.59 Å². The SMILES string of the molecule is CN(C(=O)OCc1ccccc1)[C@@H]1CCN(CC(c2ccccc2)c2ccccc2)C(=O)[C@H](Cc2ccccn2)N1. The van der Waals surface area contributed by atoms with Gasteiger partial charge in [-0.3, -0.25) is 20.0 Å². The summed E-state index contributed by atoms with van der Waals surface area (Å²) >= 11 is 0. The first-order valence-corrected chi connectivity index (χ1v) is 14.1. The molecule has 41 heavy (non-hydrogen) atoms. The Labute approximate surface area is 241 Å². The summed E-state index contributed by atoms with van der Waals surface area (Å²) in [6.45, 7) is 1.22. The topological polar surface area (TPSA) is 74.8 Å². The first kappa shape index (κ1) is 28.1. The monoisotopic (exact) mass is 548 g/mol. The smallest absolute Gasteiger partial charge is 0.411 e. The molecule has 5 rings (SSSR count). The van der Waals surface area contributed by atoms with Crippen molar-refractivity contribution in [1.82, 2.24) is 20.1 Å². The summed E-state index contributed by atoms with van der Waals surface area (Å²) < 4.78 is 5.61. The molecule has 2 amide bonds. The lowest BCUT2D eigenvalue weighted by Gasteiger charge is -2.29. The van der Waals surface area contributed by atoms with E-state index in [-0.39, 0.29) is 24.6 Å². The molecule has 0 unspecified atom stereocenters. The van der Waals surface area contributed by atoms with Crippen molar-refractivity contribution in [3.63, 3.8) is 0 Å². The average molecular weight is 549 g/mol. The largest absolute Gasteiger partial charge is 0.445 e. The van der Waals surface area contributed by atoms with Crippen molar-refractivity contribution < 1.29 is 14.3 Å². The highest BCUT2D eigenvalue weighted by Crippen LogP contribution is 2.27. The van der Waals surface area contributed by atoms with Gasteiger partial charge >= 0.3 is 6.09 Å². The fourth-order valence-electron chi connectivity index (χ4n) is 5.30. The molecule has 4 aromatic rings. The van der Waals surface area contributed by atoms with Crippen LogP contribution in [0, 0.1) is 0 Å². The highest BCUT2D eigenvalue weighted by Gasteiger charge is 2.35. The van der Waals surface area contributed by atoms with Crippen LogP contribution in [0.1, 0.15) is 34.7 Å². The number of aromatic nitrogens is 1. The second-order valence-corrected chi connectivity index (χ2v) is 10.4. The van der Waals surface area contributed by atoms with Gasteiger partial charge in [0.2, 0.25) is 5.91 Å². The van der Waals surface area contributed by atoms with Gasteiger partial charge in [-0.15, -0.1) is 0 Å². The number of carbonyl (C=O) groups is 2. The third-order valence-corrected chi connectivity index (χ3v) is 7.58. The summed E-state index contributed by atoms with van der Waals surface area (Å²) in [6, 6.07) is 35.4. The maximum absolute atomic E-state index is 14.1. The number of ether oxygens (including phenoxy) is 1. The Bertz CT molecular complexity index is 1350. The fraction of sp³-hybridized carbons (Fsp3) is 0.265. The number of nitrogens with zero attached hydrogens (tertiary/aromatic N) is 3. The summed E-state index contributed by atoms with van der Waals surface area (Å²) in [5, 5.41) is 3.47. The maximum atomic E-state index is 14.1. The Morgan fingerprint density at radius 3 is 2.15 bits per heavy atom. The summed E-state index contributed by atoms with van der Waals surface area (Å²) in [6.07, 6.45) is 1.90. The Kier molecular flexibility index (Phi) is 9.39. The molecule has 0 bridgehead atoms. The van der Waals surface area contributed by atoms with Gasteiger partial charge in [0.25, 0.3) is 0 Å². The van der Waals surface area contributed by atoms with Gasteiger partial charge < -0.3 is 9.64 Å². The highest BCUT2D eigenvalue weighted by molar-refractivity contribution is 5.83. The third-order valence-electron chi connectivity index (χ3n) is 7.58. The van der Waals surface area contributed by atoms with E-state index in [2.05, 4.69) is 34.6 Å². The quantitative estimate of drug-likeness (QED) is 0.310. The summed E-state index contributed by atoms with van der Waals surface area (Å²) in [5.41, 5.74) is 4.05. The highest BCUT2D eigenvalue weighted by atomic mass is 16.6. The van der Waals surface area contributed by atoms with E-state index in [0.29, 0.717) is 25.9 Å². The van der Waals surface area contributed by atoms with Crippen LogP contribution in [0.4, 0.5) is 4.79 Å². The number of amides is 2. The van der Waals surface area contributed by atoms with Gasteiger partial charge in [-0.05, 0) is 35.2 Å². The average Bonchev–Trinajstić information content (AvgIpc) is 3.18. The van der Waals surface area contributed by atoms with Crippen LogP contribution in [0.2, 0.25) is 0 Å². The molecule has 7 heteroatoms. The van der Waals surface area contributed by atoms with Gasteiger partial charge in [0.15, 0.2) is 0 Å². The predicted octanol–water partition coefficient (Wildman–Crippen LogP) is 5.24. The second-order valence-electron chi connectivity index (χ2n) is 10.4. The van der Waals surface area contributed by atoms with E-state index in [1.54, 1.807) is 18.1 Å². The van der Waals surface area contributed by atoms with E-state index in [0.717, 1.165) is 22.4 Å². The van der Waals surface area contributed by atoms with Crippen LogP contribution >= 0.6 is 0 Å². The maximum Gasteiger partial charge on any atom is 0.411 e. The zero-order valence-corrected chi connectivity index (χ0v) is 23.3. The van der Waals surface area contributed by atoms with Crippen LogP contribution in [0.25, 0.3) is 0 Å². The Morgan fingerprint density at radius 1 is 0.927 bits per heavy atom. The molecule has 7 nitrogen and oxygen atoms in total. The molecule has 1 aromatic heterocycles. The molecule has 2 atom stereocenters. The Morgan fingerprint density at radius 2 is 1.54 bits per heavy atom. The molecule has 1 fully saturated rings. The van der Waals surface area contributed by atoms with Gasteiger partial charge in [-0.1, -0.05) is 97.1 Å². The van der Waals surface area contributed by atoms with Crippen LogP contribution in [0.5, 0.6) is 0 Å². The van der Waals surface area contributed by atoms with E-state index in [4.69, 9.17) is 4.74 Å². The van der Waals surface area contributed by atoms with E-state index >= 15 is 0 Å². The minimum atomic E-state index is -0.547. The molecule has 210 valence electrons. The molecular weight excluding hydrogens is 512 g/mol. The molecule has 0 saturated carbocycles. The standard InChI is InChI=1S/C34H36N4O3/c1-37(34(40)41-25-26-13-5-2-6-14-26)32-20-22-38(33(39)31(36-32)23-29-19-11-12-21-35-29)24-30(27-15-7-3-8-16-27)28-17-9-4-10-18-28/h2-19,21,30-32,36H,20,22-25H2,1H3/t31-,32+/m0/s1. The number of hydrogen-bond acceptors (Lipinski definition) is 5. The van der Waals surface area contributed by atoms with E-state index in [1.807, 2.05) is 89.8 Å². The molecule has 3 aromatic carbocycles. The lowest BCUT2D eigenvalue weighted by molar-refractivity contribution is -0.132. The van der Waals surface area contributed by atoms with Crippen molar-refractivity contribution in [3.8, 4) is 0 Å². The van der Waals surface area contributed by atoms with Gasteiger partial charge in [-0.25, -0.2) is 4.79 Å². The Balaban J connectivity index is 1.37. The minimum absolute atomic E-state index is 0.000989. The minimum Gasteiger partial charge on any atom is -0.445 e. The van der Waals surface area contributed by atoms with Crippen molar-refractivity contribution >= 4 is 12.0 Å². The summed E-state index contributed by atoms with van der Waals surface area (Å²) in [4.78, 5) is 35.1. The van der Waals surface area contributed by atoms with Crippen molar-refractivity contribution in [1.29, 1.82) is 0 Å². The number of carbonyl (C=O) groups excluding carboxylic acids is 2. The van der Waals surface area contributed by atoms with Gasteiger partial charge in [0.1, 0.15) is 6.61 Å². The molecule has 1 aliphatic rings. The zero-order chi connectivity index (χ0) is 28.4. The van der Waals surface area contributed by atoms with Gasteiger partial charge in [0, 0.05) is 44.4 Å². The number of hydrogen-bond donors (Lipinski definition) is 1. The lowest BCUT2D eigenvalue weighted by Crippen LogP contribution is -2.53. The van der Waals surface area contributed by atoms with Crippen molar-refractivity contribution in [3.05, 3.63) is 138 Å². The number of rotatable bonds is 9. The van der Waals surface area contributed by atoms with Crippen molar-refractivity contribution in [2.45, 2.75) is 37.6 Å². The van der Waals surface area contributed by atoms with E-state index < -0.39 is 12.1 Å². The third kappa shape index (κ3) is 7.38. The van der Waals surface area contributed by atoms with Crippen LogP contribution in [0.15, 0.2) is 115 Å². The van der Waals surface area contributed by atoms with Crippen LogP contribution < -0.4 is 5.32 Å². The number of pyridine rings is 1. The molecule has 0 aliphatic carbocycles. The molecule has 0 radical (unpaired) electrons. The summed E-state index contributed by atoms with van der Waals surface area (Å²) in [7, 11) is 1.72. The number of nitrogens with one attached hydrogen (secondary N) is 1. The van der Waals surface area contributed by atoms with Gasteiger partial charge in [-0.2, -0.15) is 0 Å². The van der Waals surface area contributed by atoms with Crippen LogP contribution in [0.3, 0.4) is 0 Å². The second kappa shape index (κ2) is 13.7. The normalized spacial score (nSPS) is 17.2. The predicted molar refractivity (Wildman–Crippen MR) is 159 cm³/mol. The van der Waals surface area contributed by atoms with Crippen LogP contribution in [-0.4, -0.2) is 59.1 Å². The summed E-state index contributed by atoms with van der Waals surface area (Å²) in [5.74, 6) is 0.0167. The van der Waals surface area contributed by atoms with Crippen molar-refractivity contribution in [2.24, 2.45) is 0 Å². The van der Waals surface area contributed by atoms with Crippen LogP contribution in [-0.2, 0) is 22.6 Å². The first-order valence-electron chi connectivity index (χ1n) is 14.1. The molecule has 0 spiro atoms. The first-order chi connectivity index (χ1) is 20.1. The molecule has 1 N–H and O–H groups in total. The molecule has 1 aliphatic heterocycles. The molecule has 2 heterocycles. The molecule has 1 saturated heterocycles.